The third-order valence-corrected chi connectivity index (χ3v) is 2.31. The molecule has 0 aromatic heterocycles. The summed E-state index contributed by atoms with van der Waals surface area (Å²) in [7, 11) is 0. The minimum Gasteiger partial charge on any atom is -0.295 e. The molecular formula is C14H22O. The molecule has 0 bridgehead atoms. The van der Waals surface area contributed by atoms with Gasteiger partial charge in [0.15, 0.2) is 5.78 Å². The molecule has 0 saturated carbocycles. The summed E-state index contributed by atoms with van der Waals surface area (Å²) in [4.78, 5) is 10.8. The highest BCUT2D eigenvalue weighted by Crippen LogP contribution is 2.12. The highest BCUT2D eigenvalue weighted by molar-refractivity contribution is 5.87. The zero-order valence-corrected chi connectivity index (χ0v) is 10.6. The van der Waals surface area contributed by atoms with E-state index in [1.165, 1.54) is 16.7 Å². The summed E-state index contributed by atoms with van der Waals surface area (Å²) in [5, 5.41) is 0. The highest BCUT2D eigenvalue weighted by Gasteiger charge is 1.93. The molecule has 0 rings (SSSR count). The molecule has 0 atom stereocenters. The van der Waals surface area contributed by atoms with Crippen molar-refractivity contribution in [2.24, 2.45) is 0 Å². The Hall–Kier alpha value is -1.11. The van der Waals surface area contributed by atoms with E-state index in [2.05, 4.69) is 33.8 Å². The van der Waals surface area contributed by atoms with Crippen LogP contribution in [0.5, 0.6) is 0 Å². The lowest BCUT2D eigenvalue weighted by Crippen LogP contribution is -1.85. The lowest BCUT2D eigenvalue weighted by atomic mass is 10.0. The van der Waals surface area contributed by atoms with E-state index in [1.54, 1.807) is 13.0 Å². The summed E-state index contributed by atoms with van der Waals surface area (Å²) in [6.45, 7) is 9.97. The van der Waals surface area contributed by atoms with E-state index in [0.717, 1.165) is 12.8 Å². The van der Waals surface area contributed by atoms with Gasteiger partial charge in [-0.15, -0.1) is 0 Å². The molecule has 0 radical (unpaired) electrons. The summed E-state index contributed by atoms with van der Waals surface area (Å²) in [6.07, 6.45) is 7.92. The highest BCUT2D eigenvalue weighted by atomic mass is 16.1. The minimum atomic E-state index is 0.103. The molecule has 15 heavy (non-hydrogen) atoms. The van der Waals surface area contributed by atoms with Gasteiger partial charge in [-0.2, -0.15) is 0 Å². The van der Waals surface area contributed by atoms with E-state index >= 15 is 0 Å². The van der Waals surface area contributed by atoms with Crippen LogP contribution in [0.4, 0.5) is 0 Å². The van der Waals surface area contributed by atoms with Crippen LogP contribution in [-0.2, 0) is 4.79 Å². The Balaban J connectivity index is 4.27. The summed E-state index contributed by atoms with van der Waals surface area (Å²) >= 11 is 0. The number of carbonyl (C=O) groups excluding carboxylic acids is 1. The normalized spacial score (nSPS) is 12.6. The maximum atomic E-state index is 10.8. The van der Waals surface area contributed by atoms with Crippen molar-refractivity contribution in [3.8, 4) is 0 Å². The predicted octanol–water partition coefficient (Wildman–Crippen LogP) is 4.21. The van der Waals surface area contributed by atoms with Crippen molar-refractivity contribution in [3.05, 3.63) is 34.9 Å². The number of allylic oxidation sites excluding steroid dienone is 6. The number of hydrogen-bond donors (Lipinski definition) is 0. The van der Waals surface area contributed by atoms with Gasteiger partial charge in [0.2, 0.25) is 0 Å². The first kappa shape index (κ1) is 13.9. The first-order valence-corrected chi connectivity index (χ1v) is 5.42. The minimum absolute atomic E-state index is 0.103. The SMILES string of the molecule is CC(=O)/C=C/C(C)=C(\C)CCC=C(C)C. The Morgan fingerprint density at radius 2 is 1.60 bits per heavy atom. The Labute approximate surface area is 93.6 Å². The van der Waals surface area contributed by atoms with Crippen LogP contribution in [0.25, 0.3) is 0 Å². The van der Waals surface area contributed by atoms with Crippen molar-refractivity contribution in [1.29, 1.82) is 0 Å². The Bertz CT molecular complexity index is 299. The van der Waals surface area contributed by atoms with Crippen LogP contribution in [0.2, 0.25) is 0 Å². The molecule has 0 heterocycles. The fourth-order valence-electron chi connectivity index (χ4n) is 1.16. The molecule has 0 fully saturated rings. The molecule has 0 unspecified atom stereocenters. The smallest absolute Gasteiger partial charge is 0.152 e. The van der Waals surface area contributed by atoms with Gasteiger partial charge >= 0.3 is 0 Å². The van der Waals surface area contributed by atoms with Gasteiger partial charge in [-0.05, 0) is 53.5 Å². The molecule has 0 aliphatic rings. The second-order valence-electron chi connectivity index (χ2n) is 4.23. The third kappa shape index (κ3) is 7.92. The van der Waals surface area contributed by atoms with Crippen molar-refractivity contribution in [2.45, 2.75) is 47.5 Å². The first-order chi connectivity index (χ1) is 6.93. The van der Waals surface area contributed by atoms with Crippen LogP contribution in [0, 0.1) is 0 Å². The van der Waals surface area contributed by atoms with Gasteiger partial charge in [0.25, 0.3) is 0 Å². The molecule has 1 nitrogen and oxygen atoms in total. The molecule has 0 spiro atoms. The number of ketones is 1. The van der Waals surface area contributed by atoms with Crippen molar-refractivity contribution < 1.29 is 4.79 Å². The quantitative estimate of drug-likeness (QED) is 0.374. The Morgan fingerprint density at radius 3 is 2.07 bits per heavy atom. The second kappa shape index (κ2) is 7.22. The summed E-state index contributed by atoms with van der Waals surface area (Å²) in [5.74, 6) is 0.103. The van der Waals surface area contributed by atoms with Crippen molar-refractivity contribution >= 4 is 5.78 Å². The molecular weight excluding hydrogens is 184 g/mol. The van der Waals surface area contributed by atoms with E-state index in [1.807, 2.05) is 6.08 Å². The number of carbonyl (C=O) groups is 1. The topological polar surface area (TPSA) is 17.1 Å². The predicted molar refractivity (Wildman–Crippen MR) is 66.9 cm³/mol. The Morgan fingerprint density at radius 1 is 1.00 bits per heavy atom. The Kier molecular flexibility index (Phi) is 6.68. The maximum Gasteiger partial charge on any atom is 0.152 e. The van der Waals surface area contributed by atoms with E-state index < -0.39 is 0 Å². The van der Waals surface area contributed by atoms with Crippen molar-refractivity contribution in [1.82, 2.24) is 0 Å². The first-order valence-electron chi connectivity index (χ1n) is 5.42. The molecule has 0 aliphatic heterocycles. The van der Waals surface area contributed by atoms with Gasteiger partial charge in [0.1, 0.15) is 0 Å². The average Bonchev–Trinajstić information content (AvgIpc) is 2.13. The molecule has 0 saturated heterocycles. The van der Waals surface area contributed by atoms with Crippen molar-refractivity contribution in [2.75, 3.05) is 0 Å². The zero-order valence-electron chi connectivity index (χ0n) is 10.6. The van der Waals surface area contributed by atoms with Crippen molar-refractivity contribution in [3.63, 3.8) is 0 Å². The van der Waals surface area contributed by atoms with Crippen LogP contribution in [0.3, 0.4) is 0 Å². The van der Waals surface area contributed by atoms with E-state index in [-0.39, 0.29) is 5.78 Å². The standard InChI is InChI=1S/C14H22O/c1-11(2)7-6-8-12(3)13(4)9-10-14(5)15/h7,9-10H,6,8H2,1-5H3/b10-9+,13-12+. The second-order valence-corrected chi connectivity index (χ2v) is 4.23. The lowest BCUT2D eigenvalue weighted by Gasteiger charge is -2.02. The van der Waals surface area contributed by atoms with Gasteiger partial charge in [-0.3, -0.25) is 4.79 Å². The zero-order chi connectivity index (χ0) is 11.8. The largest absolute Gasteiger partial charge is 0.295 e. The monoisotopic (exact) mass is 206 g/mol. The molecule has 0 amide bonds. The third-order valence-electron chi connectivity index (χ3n) is 2.31. The number of rotatable bonds is 5. The van der Waals surface area contributed by atoms with E-state index in [4.69, 9.17) is 0 Å². The van der Waals surface area contributed by atoms with Gasteiger partial charge in [-0.25, -0.2) is 0 Å². The molecule has 1 heteroatoms. The van der Waals surface area contributed by atoms with Crippen LogP contribution < -0.4 is 0 Å². The molecule has 0 aromatic rings. The molecule has 0 aromatic carbocycles. The maximum absolute atomic E-state index is 10.8. The van der Waals surface area contributed by atoms with E-state index in [9.17, 15) is 4.79 Å². The molecule has 0 aliphatic carbocycles. The fraction of sp³-hybridized carbons (Fsp3) is 0.500. The summed E-state index contributed by atoms with van der Waals surface area (Å²) in [5.41, 5.74) is 3.91. The van der Waals surface area contributed by atoms with Gasteiger partial charge in [0.05, 0.1) is 0 Å². The molecule has 84 valence electrons. The van der Waals surface area contributed by atoms with E-state index in [0.29, 0.717) is 0 Å². The van der Waals surface area contributed by atoms with Crippen LogP contribution in [-0.4, -0.2) is 5.78 Å². The van der Waals surface area contributed by atoms with Crippen LogP contribution in [0.1, 0.15) is 47.5 Å². The molecule has 0 N–H and O–H groups in total. The van der Waals surface area contributed by atoms with Crippen LogP contribution >= 0.6 is 0 Å². The van der Waals surface area contributed by atoms with Gasteiger partial charge in [-0.1, -0.05) is 28.9 Å². The van der Waals surface area contributed by atoms with Crippen LogP contribution in [0.15, 0.2) is 34.9 Å². The average molecular weight is 206 g/mol. The van der Waals surface area contributed by atoms with Gasteiger partial charge in [0, 0.05) is 0 Å². The number of hydrogen-bond acceptors (Lipinski definition) is 1. The van der Waals surface area contributed by atoms with Gasteiger partial charge < -0.3 is 0 Å². The summed E-state index contributed by atoms with van der Waals surface area (Å²) < 4.78 is 0. The fourth-order valence-corrected chi connectivity index (χ4v) is 1.16. The summed E-state index contributed by atoms with van der Waals surface area (Å²) in [6, 6.07) is 0. The lowest BCUT2D eigenvalue weighted by molar-refractivity contribution is -0.112.